The number of likely N-dealkylation sites (N-methyl/N-ethyl adjacent to an activating group) is 2. The smallest absolute Gasteiger partial charge is 0.333 e. The Balaban J connectivity index is 1.79. The zero-order chi connectivity index (χ0) is 26.1. The lowest BCUT2D eigenvalue weighted by Gasteiger charge is -2.29. The van der Waals surface area contributed by atoms with Gasteiger partial charge in [0.05, 0.1) is 10.0 Å². The van der Waals surface area contributed by atoms with Gasteiger partial charge in [0, 0.05) is 24.7 Å². The van der Waals surface area contributed by atoms with Crippen LogP contribution >= 0.6 is 34.8 Å². The van der Waals surface area contributed by atoms with E-state index in [1.165, 1.54) is 20.2 Å². The van der Waals surface area contributed by atoms with Crippen molar-refractivity contribution in [3.05, 3.63) is 86.4 Å². The van der Waals surface area contributed by atoms with E-state index >= 15 is 0 Å². The number of ether oxygens (including phenoxy) is 1. The number of urea groups is 1. The van der Waals surface area contributed by atoms with Crippen molar-refractivity contribution in [2.45, 2.75) is 6.61 Å². The summed E-state index contributed by atoms with van der Waals surface area (Å²) in [5.74, 6) is -1.30. The maximum absolute atomic E-state index is 12.8. The van der Waals surface area contributed by atoms with Gasteiger partial charge in [-0.2, -0.15) is 0 Å². The molecule has 1 saturated heterocycles. The molecule has 1 heterocycles. The fourth-order valence-electron chi connectivity index (χ4n) is 3.58. The summed E-state index contributed by atoms with van der Waals surface area (Å²) in [7, 11) is 2.60. The zero-order valence-electron chi connectivity index (χ0n) is 19.1. The third-order valence-electron chi connectivity index (χ3n) is 5.61. The molecule has 0 spiro atoms. The number of aromatic hydroxyl groups is 1. The van der Waals surface area contributed by atoms with E-state index in [0.29, 0.717) is 27.5 Å². The van der Waals surface area contributed by atoms with Crippen LogP contribution in [0.25, 0.3) is 17.2 Å². The van der Waals surface area contributed by atoms with Crippen molar-refractivity contribution in [1.82, 2.24) is 9.80 Å². The van der Waals surface area contributed by atoms with Crippen LogP contribution in [0.2, 0.25) is 15.1 Å². The highest BCUT2D eigenvalue weighted by molar-refractivity contribution is 6.37. The molecule has 7 nitrogen and oxygen atoms in total. The van der Waals surface area contributed by atoms with Gasteiger partial charge in [-0.25, -0.2) is 4.79 Å². The second-order valence-electron chi connectivity index (χ2n) is 8.03. The molecule has 1 fully saturated rings. The number of phenolic OH excluding ortho intramolecular Hbond substituents is 1. The number of nitrogens with zero attached hydrogens (tertiary/aromatic N) is 2. The maximum atomic E-state index is 12.8. The van der Waals surface area contributed by atoms with Crippen LogP contribution < -0.4 is 4.74 Å². The summed E-state index contributed by atoms with van der Waals surface area (Å²) in [6.45, 7) is 0.198. The van der Waals surface area contributed by atoms with Crippen LogP contribution in [0.15, 0.2) is 60.2 Å². The van der Waals surface area contributed by atoms with Crippen LogP contribution in [-0.4, -0.2) is 46.8 Å². The van der Waals surface area contributed by atoms with Gasteiger partial charge in [0.25, 0.3) is 11.8 Å². The quantitative estimate of drug-likeness (QED) is 0.312. The minimum atomic E-state index is -0.729. The first-order valence-electron chi connectivity index (χ1n) is 10.6. The highest BCUT2D eigenvalue weighted by Crippen LogP contribution is 2.38. The average molecular weight is 546 g/mol. The molecular formula is C26H19Cl3N2O5. The Labute approximate surface area is 222 Å². The summed E-state index contributed by atoms with van der Waals surface area (Å²) in [5.41, 5.74) is 2.30. The van der Waals surface area contributed by atoms with E-state index in [2.05, 4.69) is 0 Å². The molecule has 0 radical (unpaired) electrons. The van der Waals surface area contributed by atoms with Gasteiger partial charge in [0.1, 0.15) is 17.9 Å². The number of hydrogen-bond acceptors (Lipinski definition) is 5. The van der Waals surface area contributed by atoms with E-state index in [-0.39, 0.29) is 28.0 Å². The molecule has 0 unspecified atom stereocenters. The predicted octanol–water partition coefficient (Wildman–Crippen LogP) is 6.03. The van der Waals surface area contributed by atoms with E-state index in [1.807, 2.05) is 12.1 Å². The molecule has 1 N–H and O–H groups in total. The van der Waals surface area contributed by atoms with Crippen molar-refractivity contribution < 1.29 is 24.2 Å². The number of phenols is 1. The molecule has 1 aliphatic rings. The van der Waals surface area contributed by atoms with E-state index in [0.717, 1.165) is 15.4 Å². The molecule has 0 saturated carbocycles. The van der Waals surface area contributed by atoms with Crippen LogP contribution in [0.4, 0.5) is 4.79 Å². The summed E-state index contributed by atoms with van der Waals surface area (Å²) in [6, 6.07) is 14.6. The van der Waals surface area contributed by atoms with Gasteiger partial charge in [-0.1, -0.05) is 53.0 Å². The van der Waals surface area contributed by atoms with E-state index < -0.39 is 17.8 Å². The topological polar surface area (TPSA) is 87.2 Å². The van der Waals surface area contributed by atoms with Crippen LogP contribution in [0.5, 0.6) is 11.5 Å². The molecule has 0 aromatic heterocycles. The SMILES string of the molecule is CN1C(=O)C(=Cc2cc(-c3cc(Cl)c(O)c(Cl)c3)ccc2OCc2ccc(Cl)cc2)C(=O)N(C)C1=O. The van der Waals surface area contributed by atoms with Crippen molar-refractivity contribution in [3.63, 3.8) is 0 Å². The summed E-state index contributed by atoms with van der Waals surface area (Å²) in [5, 5.41) is 10.6. The Morgan fingerprint density at radius 3 is 2.00 bits per heavy atom. The Kier molecular flexibility index (Phi) is 7.26. The number of imide groups is 2. The monoisotopic (exact) mass is 544 g/mol. The Bertz CT molecular complexity index is 1370. The number of benzene rings is 3. The van der Waals surface area contributed by atoms with E-state index in [4.69, 9.17) is 39.5 Å². The van der Waals surface area contributed by atoms with Crippen molar-refractivity contribution in [1.29, 1.82) is 0 Å². The number of carbonyl (C=O) groups excluding carboxylic acids is 3. The van der Waals surface area contributed by atoms with Crippen molar-refractivity contribution >= 4 is 58.7 Å². The first-order valence-corrected chi connectivity index (χ1v) is 11.7. The average Bonchev–Trinajstić information content (AvgIpc) is 2.87. The molecule has 184 valence electrons. The number of barbiturate groups is 1. The minimum Gasteiger partial charge on any atom is -0.505 e. The normalized spacial score (nSPS) is 13.9. The van der Waals surface area contributed by atoms with Crippen LogP contribution in [0.3, 0.4) is 0 Å². The largest absolute Gasteiger partial charge is 0.505 e. The standard InChI is InChI=1S/C26H19Cl3N2O5/c1-30-24(33)19(25(34)31(2)26(30)35)10-17-9-15(16-11-20(28)23(32)21(29)12-16)5-8-22(17)36-13-14-3-6-18(27)7-4-14/h3-12,32H,13H2,1-2H3. The number of amides is 4. The van der Waals surface area contributed by atoms with Gasteiger partial charge in [-0.05, 0) is 59.2 Å². The first-order chi connectivity index (χ1) is 17.1. The lowest BCUT2D eigenvalue weighted by atomic mass is 9.99. The molecule has 10 heteroatoms. The van der Waals surface area contributed by atoms with Gasteiger partial charge < -0.3 is 9.84 Å². The van der Waals surface area contributed by atoms with E-state index in [9.17, 15) is 19.5 Å². The summed E-state index contributed by atoms with van der Waals surface area (Å²) >= 11 is 18.1. The van der Waals surface area contributed by atoms with Crippen LogP contribution in [-0.2, 0) is 16.2 Å². The Hall–Kier alpha value is -3.52. The fraction of sp³-hybridized carbons (Fsp3) is 0.115. The second kappa shape index (κ2) is 10.2. The third-order valence-corrected chi connectivity index (χ3v) is 6.44. The third kappa shape index (κ3) is 5.04. The number of carbonyl (C=O) groups is 3. The molecule has 1 aliphatic heterocycles. The van der Waals surface area contributed by atoms with Crippen LogP contribution in [0, 0.1) is 0 Å². The van der Waals surface area contributed by atoms with Gasteiger partial charge in [0.2, 0.25) is 0 Å². The highest BCUT2D eigenvalue weighted by atomic mass is 35.5. The summed E-state index contributed by atoms with van der Waals surface area (Å²) < 4.78 is 6.01. The maximum Gasteiger partial charge on any atom is 0.333 e. The molecule has 3 aromatic carbocycles. The summed E-state index contributed by atoms with van der Waals surface area (Å²) in [6.07, 6.45) is 1.38. The molecular weight excluding hydrogens is 527 g/mol. The molecule has 3 aromatic rings. The lowest BCUT2D eigenvalue weighted by Crippen LogP contribution is -2.52. The highest BCUT2D eigenvalue weighted by Gasteiger charge is 2.38. The van der Waals surface area contributed by atoms with Crippen molar-refractivity contribution in [3.8, 4) is 22.6 Å². The van der Waals surface area contributed by atoms with Gasteiger partial charge in [-0.15, -0.1) is 0 Å². The molecule has 36 heavy (non-hydrogen) atoms. The van der Waals surface area contributed by atoms with Crippen molar-refractivity contribution in [2.24, 2.45) is 0 Å². The van der Waals surface area contributed by atoms with Crippen LogP contribution in [0.1, 0.15) is 11.1 Å². The van der Waals surface area contributed by atoms with Gasteiger partial charge >= 0.3 is 6.03 Å². The minimum absolute atomic E-state index is 0.0693. The summed E-state index contributed by atoms with van der Waals surface area (Å²) in [4.78, 5) is 39.4. The fourth-order valence-corrected chi connectivity index (χ4v) is 4.19. The molecule has 0 atom stereocenters. The number of halogens is 3. The Morgan fingerprint density at radius 2 is 1.42 bits per heavy atom. The second-order valence-corrected chi connectivity index (χ2v) is 9.28. The number of hydrogen-bond donors (Lipinski definition) is 1. The van der Waals surface area contributed by atoms with Crippen molar-refractivity contribution in [2.75, 3.05) is 14.1 Å². The molecule has 4 amide bonds. The molecule has 0 aliphatic carbocycles. The predicted molar refractivity (Wildman–Crippen MR) is 138 cm³/mol. The molecule has 4 rings (SSSR count). The molecule has 0 bridgehead atoms. The van der Waals surface area contributed by atoms with E-state index in [1.54, 1.807) is 42.5 Å². The number of rotatable bonds is 5. The van der Waals surface area contributed by atoms with Gasteiger partial charge in [0.15, 0.2) is 5.75 Å². The Morgan fingerprint density at radius 1 is 0.833 bits per heavy atom. The zero-order valence-corrected chi connectivity index (χ0v) is 21.4. The lowest BCUT2D eigenvalue weighted by molar-refractivity contribution is -0.134. The van der Waals surface area contributed by atoms with Gasteiger partial charge in [-0.3, -0.25) is 19.4 Å². The first kappa shape index (κ1) is 25.6.